The summed E-state index contributed by atoms with van der Waals surface area (Å²) in [4.78, 5) is 35.2. The van der Waals surface area contributed by atoms with E-state index in [1.165, 1.54) is 4.90 Å². The number of carboxylic acid groups (broad SMARTS) is 2. The molecule has 0 bridgehead atoms. The van der Waals surface area contributed by atoms with Crippen LogP contribution in [0.1, 0.15) is 32.6 Å². The van der Waals surface area contributed by atoms with E-state index in [9.17, 15) is 14.4 Å². The second-order valence-electron chi connectivity index (χ2n) is 5.45. The molecule has 120 valence electrons. The molecule has 8 heteroatoms. The first-order valence-corrected chi connectivity index (χ1v) is 6.82. The van der Waals surface area contributed by atoms with Crippen LogP contribution in [-0.4, -0.2) is 64.9 Å². The maximum Gasteiger partial charge on any atom is 0.326 e. The number of ether oxygens (including phenoxy) is 1. The molecule has 0 spiro atoms. The Morgan fingerprint density at radius 1 is 1.38 bits per heavy atom. The molecule has 0 aromatic heterocycles. The maximum atomic E-state index is 12.1. The predicted molar refractivity (Wildman–Crippen MR) is 73.0 cm³/mol. The zero-order valence-corrected chi connectivity index (χ0v) is 12.3. The Morgan fingerprint density at radius 2 is 2.05 bits per heavy atom. The minimum atomic E-state index is -1.24. The Bertz CT molecular complexity index is 413. The van der Waals surface area contributed by atoms with Gasteiger partial charge in [0.05, 0.1) is 12.1 Å². The number of nitrogens with zero attached hydrogens (tertiary/aromatic N) is 1. The van der Waals surface area contributed by atoms with Crippen LogP contribution in [0.2, 0.25) is 0 Å². The summed E-state index contributed by atoms with van der Waals surface area (Å²) in [6.07, 6.45) is 1.14. The van der Waals surface area contributed by atoms with Gasteiger partial charge in [-0.3, -0.25) is 4.79 Å². The van der Waals surface area contributed by atoms with Crippen LogP contribution in [0, 0.1) is 0 Å². The van der Waals surface area contributed by atoms with Crippen LogP contribution in [0.25, 0.3) is 0 Å². The summed E-state index contributed by atoms with van der Waals surface area (Å²) in [5.74, 6) is -2.34. The molecule has 2 amide bonds. The fourth-order valence-electron chi connectivity index (χ4n) is 2.31. The largest absolute Gasteiger partial charge is 0.481 e. The summed E-state index contributed by atoms with van der Waals surface area (Å²) >= 11 is 0. The van der Waals surface area contributed by atoms with Gasteiger partial charge >= 0.3 is 18.0 Å². The Labute approximate surface area is 123 Å². The summed E-state index contributed by atoms with van der Waals surface area (Å²) in [6.45, 7) is 2.79. The van der Waals surface area contributed by atoms with E-state index in [-0.39, 0.29) is 12.8 Å². The molecule has 0 aliphatic carbocycles. The molecule has 0 radical (unpaired) electrons. The number of carbonyl (C=O) groups excluding carboxylic acids is 1. The van der Waals surface area contributed by atoms with Crippen molar-refractivity contribution in [2.45, 2.75) is 44.2 Å². The summed E-state index contributed by atoms with van der Waals surface area (Å²) in [5.41, 5.74) is -0.435. The molecule has 8 nitrogen and oxygen atoms in total. The van der Waals surface area contributed by atoms with Crippen molar-refractivity contribution in [1.29, 1.82) is 0 Å². The molecule has 1 rings (SSSR count). The zero-order chi connectivity index (χ0) is 16.0. The number of urea groups is 1. The van der Waals surface area contributed by atoms with Crippen LogP contribution >= 0.6 is 0 Å². The van der Waals surface area contributed by atoms with Crippen molar-refractivity contribution in [1.82, 2.24) is 10.2 Å². The highest BCUT2D eigenvalue weighted by atomic mass is 16.5. The number of piperidine rings is 1. The molecule has 2 atom stereocenters. The van der Waals surface area contributed by atoms with Gasteiger partial charge < -0.3 is 25.2 Å². The topological polar surface area (TPSA) is 116 Å². The molecule has 1 heterocycles. The Kier molecular flexibility index (Phi) is 5.95. The van der Waals surface area contributed by atoms with Crippen LogP contribution in [0.15, 0.2) is 0 Å². The minimum absolute atomic E-state index is 0.147. The number of methoxy groups -OCH3 is 1. The Morgan fingerprint density at radius 3 is 2.57 bits per heavy atom. The molecule has 1 unspecified atom stereocenters. The predicted octanol–water partition coefficient (Wildman–Crippen LogP) is 0.515. The van der Waals surface area contributed by atoms with Gasteiger partial charge in [0.25, 0.3) is 0 Å². The zero-order valence-electron chi connectivity index (χ0n) is 12.3. The molecule has 21 heavy (non-hydrogen) atoms. The van der Waals surface area contributed by atoms with Crippen LogP contribution < -0.4 is 5.32 Å². The Balaban J connectivity index is 2.60. The van der Waals surface area contributed by atoms with E-state index < -0.39 is 29.6 Å². The normalized spacial score (nSPS) is 23.4. The van der Waals surface area contributed by atoms with E-state index in [4.69, 9.17) is 14.9 Å². The lowest BCUT2D eigenvalue weighted by Crippen LogP contribution is -2.55. The van der Waals surface area contributed by atoms with E-state index in [0.717, 1.165) is 12.8 Å². The molecule has 1 aliphatic heterocycles. The third-order valence-electron chi connectivity index (χ3n) is 3.68. The highest BCUT2D eigenvalue weighted by Crippen LogP contribution is 2.23. The van der Waals surface area contributed by atoms with Gasteiger partial charge in [0.15, 0.2) is 0 Å². The summed E-state index contributed by atoms with van der Waals surface area (Å²) in [7, 11) is 1.58. The first kappa shape index (κ1) is 17.2. The van der Waals surface area contributed by atoms with Crippen LogP contribution in [0.4, 0.5) is 4.79 Å². The monoisotopic (exact) mass is 302 g/mol. The maximum absolute atomic E-state index is 12.1. The lowest BCUT2D eigenvalue weighted by molar-refractivity contribution is -0.140. The van der Waals surface area contributed by atoms with Gasteiger partial charge in [-0.05, 0) is 26.2 Å². The molecule has 1 fully saturated rings. The van der Waals surface area contributed by atoms with Crippen LogP contribution in [-0.2, 0) is 14.3 Å². The quantitative estimate of drug-likeness (QED) is 0.658. The SMILES string of the molecule is COC1(C)CCCN(C(=O)N[C@@H](CCC(=O)O)C(=O)O)C1. The second kappa shape index (κ2) is 7.26. The van der Waals surface area contributed by atoms with Crippen molar-refractivity contribution in [3.8, 4) is 0 Å². The van der Waals surface area contributed by atoms with Gasteiger partial charge in [0.1, 0.15) is 6.04 Å². The van der Waals surface area contributed by atoms with Gasteiger partial charge in [-0.15, -0.1) is 0 Å². The van der Waals surface area contributed by atoms with Gasteiger partial charge in [-0.2, -0.15) is 0 Å². The first-order chi connectivity index (χ1) is 9.77. The number of nitrogens with one attached hydrogen (secondary N) is 1. The van der Waals surface area contributed by atoms with E-state index in [1.54, 1.807) is 7.11 Å². The van der Waals surface area contributed by atoms with Crippen LogP contribution in [0.5, 0.6) is 0 Å². The number of likely N-dealkylation sites (tertiary alicyclic amines) is 1. The van der Waals surface area contributed by atoms with E-state index in [2.05, 4.69) is 5.32 Å². The van der Waals surface area contributed by atoms with Crippen molar-refractivity contribution in [2.75, 3.05) is 20.2 Å². The fraction of sp³-hybridized carbons (Fsp3) is 0.769. The van der Waals surface area contributed by atoms with Crippen molar-refractivity contribution in [3.63, 3.8) is 0 Å². The number of rotatable bonds is 6. The highest BCUT2D eigenvalue weighted by Gasteiger charge is 2.34. The molecule has 0 saturated carbocycles. The van der Waals surface area contributed by atoms with Crippen molar-refractivity contribution >= 4 is 18.0 Å². The van der Waals surface area contributed by atoms with Gasteiger partial charge in [0.2, 0.25) is 0 Å². The van der Waals surface area contributed by atoms with Gasteiger partial charge in [-0.25, -0.2) is 9.59 Å². The summed E-state index contributed by atoms with van der Waals surface area (Å²) in [5, 5.41) is 20.0. The standard InChI is InChI=1S/C13H22N2O6/c1-13(21-2)6-3-7-15(8-13)12(20)14-9(11(18)19)4-5-10(16)17/h9H,3-8H2,1-2H3,(H,14,20)(H,16,17)(H,18,19)/t9-,13?/m0/s1. The number of carbonyl (C=O) groups is 3. The molecule has 3 N–H and O–H groups in total. The lowest BCUT2D eigenvalue weighted by Gasteiger charge is -2.39. The highest BCUT2D eigenvalue weighted by molar-refractivity contribution is 5.83. The summed E-state index contributed by atoms with van der Waals surface area (Å²) in [6, 6.07) is -1.71. The third-order valence-corrected chi connectivity index (χ3v) is 3.68. The first-order valence-electron chi connectivity index (χ1n) is 6.82. The molecular formula is C13H22N2O6. The average molecular weight is 302 g/mol. The van der Waals surface area contributed by atoms with E-state index in [1.807, 2.05) is 6.92 Å². The van der Waals surface area contributed by atoms with Gasteiger partial charge in [-0.1, -0.05) is 0 Å². The summed E-state index contributed by atoms with van der Waals surface area (Å²) < 4.78 is 5.37. The Hall–Kier alpha value is -1.83. The second-order valence-corrected chi connectivity index (χ2v) is 5.45. The van der Waals surface area contributed by atoms with E-state index in [0.29, 0.717) is 13.1 Å². The molecule has 0 aromatic carbocycles. The number of hydrogen-bond acceptors (Lipinski definition) is 4. The molecule has 1 aliphatic rings. The fourth-order valence-corrected chi connectivity index (χ4v) is 2.31. The molecule has 0 aromatic rings. The number of amides is 2. The van der Waals surface area contributed by atoms with Crippen LogP contribution in [0.3, 0.4) is 0 Å². The lowest BCUT2D eigenvalue weighted by atomic mass is 9.95. The number of aliphatic carboxylic acids is 2. The van der Waals surface area contributed by atoms with E-state index >= 15 is 0 Å². The average Bonchev–Trinajstić information content (AvgIpc) is 2.42. The molecular weight excluding hydrogens is 280 g/mol. The number of hydrogen-bond donors (Lipinski definition) is 3. The molecule has 1 saturated heterocycles. The third kappa shape index (κ3) is 5.22. The van der Waals surface area contributed by atoms with Gasteiger partial charge in [0, 0.05) is 20.1 Å². The smallest absolute Gasteiger partial charge is 0.326 e. The van der Waals surface area contributed by atoms with Crippen molar-refractivity contribution < 1.29 is 29.3 Å². The van der Waals surface area contributed by atoms with Crippen molar-refractivity contribution in [3.05, 3.63) is 0 Å². The minimum Gasteiger partial charge on any atom is -0.481 e. The van der Waals surface area contributed by atoms with Crippen molar-refractivity contribution in [2.24, 2.45) is 0 Å². The number of carboxylic acids is 2.